The fourth-order valence-corrected chi connectivity index (χ4v) is 2.56. The lowest BCUT2D eigenvalue weighted by atomic mass is 10.2. The number of nitrogens with zero attached hydrogens (tertiary/aromatic N) is 3. The average Bonchev–Trinajstić information content (AvgIpc) is 3.01. The molecule has 130 valence electrons. The third-order valence-electron chi connectivity index (χ3n) is 3.85. The number of amides is 1. The van der Waals surface area contributed by atoms with Gasteiger partial charge in [0.2, 0.25) is 5.95 Å². The Balaban J connectivity index is 1.93. The minimum atomic E-state index is -0.356. The number of hydrogen-bond acceptors (Lipinski definition) is 6. The number of para-hydroxylation sites is 1. The molecule has 0 spiro atoms. The molecule has 0 atom stereocenters. The summed E-state index contributed by atoms with van der Waals surface area (Å²) in [5.74, 6) is 1.03. The van der Waals surface area contributed by atoms with Crippen LogP contribution in [0.5, 0.6) is 5.75 Å². The van der Waals surface area contributed by atoms with Gasteiger partial charge in [-0.1, -0.05) is 12.1 Å². The molecule has 1 aromatic carbocycles. The third-order valence-corrected chi connectivity index (χ3v) is 3.85. The Labute approximate surface area is 145 Å². The number of benzene rings is 1. The molecule has 0 unspecified atom stereocenters. The first-order chi connectivity index (χ1) is 11.9. The van der Waals surface area contributed by atoms with E-state index in [0.29, 0.717) is 34.4 Å². The number of carbonyl (C=O) groups is 1. The number of aryl methyl sites for hydroxylation is 2. The first kappa shape index (κ1) is 16.8. The quantitative estimate of drug-likeness (QED) is 0.786. The zero-order chi connectivity index (χ0) is 18.1. The summed E-state index contributed by atoms with van der Waals surface area (Å²) >= 11 is 0. The molecule has 3 aromatic rings. The van der Waals surface area contributed by atoms with Gasteiger partial charge in [0, 0.05) is 19.5 Å². The van der Waals surface area contributed by atoms with Gasteiger partial charge in [-0.05, 0) is 26.0 Å². The van der Waals surface area contributed by atoms with Gasteiger partial charge < -0.3 is 19.4 Å². The summed E-state index contributed by atoms with van der Waals surface area (Å²) in [6.07, 6.45) is 0. The summed E-state index contributed by atoms with van der Waals surface area (Å²) in [6, 6.07) is 7.19. The first-order valence-electron chi connectivity index (χ1n) is 7.81. The summed E-state index contributed by atoms with van der Waals surface area (Å²) in [6.45, 7) is 3.66. The van der Waals surface area contributed by atoms with Gasteiger partial charge in [0.05, 0.1) is 24.2 Å². The molecule has 0 bridgehead atoms. The average molecular weight is 340 g/mol. The molecule has 2 aromatic heterocycles. The van der Waals surface area contributed by atoms with E-state index >= 15 is 0 Å². The predicted molar refractivity (Wildman–Crippen MR) is 96.6 cm³/mol. The molecular formula is C18H20N4O3. The lowest BCUT2D eigenvalue weighted by molar-refractivity contribution is 0.0998. The smallest absolute Gasteiger partial charge is 0.291 e. The molecular weight excluding hydrogens is 320 g/mol. The van der Waals surface area contributed by atoms with Crippen LogP contribution in [0.15, 0.2) is 28.7 Å². The van der Waals surface area contributed by atoms with E-state index in [2.05, 4.69) is 15.3 Å². The standard InChI is InChI=1S/C18H20N4O3/c1-10-15(11(2)20-18(19-10)22(3)4)21-17(23)14-9-12-7-6-8-13(24-5)16(12)25-14/h6-9H,1-5H3,(H,21,23). The zero-order valence-corrected chi connectivity index (χ0v) is 14.9. The highest BCUT2D eigenvalue weighted by molar-refractivity contribution is 6.05. The van der Waals surface area contributed by atoms with E-state index in [9.17, 15) is 4.79 Å². The van der Waals surface area contributed by atoms with Crippen molar-refractivity contribution in [1.82, 2.24) is 9.97 Å². The van der Waals surface area contributed by atoms with E-state index in [1.54, 1.807) is 19.2 Å². The van der Waals surface area contributed by atoms with Crippen molar-refractivity contribution in [3.8, 4) is 5.75 Å². The summed E-state index contributed by atoms with van der Waals surface area (Å²) in [4.78, 5) is 23.2. The SMILES string of the molecule is COc1cccc2cc(C(=O)Nc3c(C)nc(N(C)C)nc3C)oc12. The molecule has 0 aliphatic carbocycles. The van der Waals surface area contributed by atoms with Crippen molar-refractivity contribution in [2.75, 3.05) is 31.4 Å². The maximum absolute atomic E-state index is 12.6. The molecule has 1 amide bonds. The second-order valence-corrected chi connectivity index (χ2v) is 5.91. The number of fused-ring (bicyclic) bond motifs is 1. The number of carbonyl (C=O) groups excluding carboxylic acids is 1. The van der Waals surface area contributed by atoms with Crippen LogP contribution in [0.1, 0.15) is 21.9 Å². The normalized spacial score (nSPS) is 10.8. The number of aromatic nitrogens is 2. The fourth-order valence-electron chi connectivity index (χ4n) is 2.56. The second-order valence-electron chi connectivity index (χ2n) is 5.91. The van der Waals surface area contributed by atoms with Crippen LogP contribution in [0.25, 0.3) is 11.0 Å². The summed E-state index contributed by atoms with van der Waals surface area (Å²) in [7, 11) is 5.30. The van der Waals surface area contributed by atoms with Gasteiger partial charge in [-0.15, -0.1) is 0 Å². The summed E-state index contributed by atoms with van der Waals surface area (Å²) in [5, 5.41) is 3.65. The van der Waals surface area contributed by atoms with E-state index in [1.807, 2.05) is 45.0 Å². The van der Waals surface area contributed by atoms with Gasteiger partial charge >= 0.3 is 0 Å². The number of ether oxygens (including phenoxy) is 1. The molecule has 0 radical (unpaired) electrons. The largest absolute Gasteiger partial charge is 0.493 e. The first-order valence-corrected chi connectivity index (χ1v) is 7.81. The molecule has 0 saturated heterocycles. The van der Waals surface area contributed by atoms with Crippen LogP contribution in [0.3, 0.4) is 0 Å². The van der Waals surface area contributed by atoms with Gasteiger partial charge in [-0.3, -0.25) is 4.79 Å². The van der Waals surface area contributed by atoms with Crippen LogP contribution >= 0.6 is 0 Å². The lowest BCUT2D eigenvalue weighted by Crippen LogP contribution is -2.18. The van der Waals surface area contributed by atoms with Crippen LogP contribution in [-0.2, 0) is 0 Å². The van der Waals surface area contributed by atoms with Crippen LogP contribution in [0, 0.1) is 13.8 Å². The van der Waals surface area contributed by atoms with Gasteiger partial charge in [0.25, 0.3) is 5.91 Å². The minimum Gasteiger partial charge on any atom is -0.493 e. The Morgan fingerprint density at radius 2 is 1.88 bits per heavy atom. The second kappa shape index (κ2) is 6.43. The van der Waals surface area contributed by atoms with E-state index in [-0.39, 0.29) is 11.7 Å². The Morgan fingerprint density at radius 3 is 2.48 bits per heavy atom. The van der Waals surface area contributed by atoms with Crippen molar-refractivity contribution < 1.29 is 13.9 Å². The van der Waals surface area contributed by atoms with Gasteiger partial charge in [-0.25, -0.2) is 9.97 Å². The Bertz CT molecular complexity index is 924. The zero-order valence-electron chi connectivity index (χ0n) is 14.9. The molecule has 7 heteroatoms. The fraction of sp³-hybridized carbons (Fsp3) is 0.278. The maximum atomic E-state index is 12.6. The highest BCUT2D eigenvalue weighted by Crippen LogP contribution is 2.29. The number of furan rings is 1. The molecule has 0 fully saturated rings. The van der Waals surface area contributed by atoms with E-state index in [1.165, 1.54) is 0 Å². The van der Waals surface area contributed by atoms with Crippen molar-refractivity contribution >= 4 is 28.5 Å². The van der Waals surface area contributed by atoms with Crippen molar-refractivity contribution in [3.05, 3.63) is 41.4 Å². The predicted octanol–water partition coefficient (Wildman–Crippen LogP) is 3.17. The van der Waals surface area contributed by atoms with E-state index < -0.39 is 0 Å². The summed E-state index contributed by atoms with van der Waals surface area (Å²) < 4.78 is 10.9. The molecule has 7 nitrogen and oxygen atoms in total. The molecule has 1 N–H and O–H groups in total. The van der Waals surface area contributed by atoms with E-state index in [0.717, 1.165) is 5.39 Å². The lowest BCUT2D eigenvalue weighted by Gasteiger charge is -2.15. The molecule has 3 rings (SSSR count). The number of nitrogens with one attached hydrogen (secondary N) is 1. The number of anilines is 2. The minimum absolute atomic E-state index is 0.204. The Morgan fingerprint density at radius 1 is 1.20 bits per heavy atom. The molecule has 2 heterocycles. The summed E-state index contributed by atoms with van der Waals surface area (Å²) in [5.41, 5.74) is 2.52. The van der Waals surface area contributed by atoms with Crippen molar-refractivity contribution in [2.24, 2.45) is 0 Å². The number of hydrogen-bond donors (Lipinski definition) is 1. The molecule has 25 heavy (non-hydrogen) atoms. The van der Waals surface area contributed by atoms with Crippen LogP contribution in [-0.4, -0.2) is 37.1 Å². The van der Waals surface area contributed by atoms with Crippen LogP contribution < -0.4 is 15.0 Å². The van der Waals surface area contributed by atoms with Crippen LogP contribution in [0.4, 0.5) is 11.6 Å². The molecule has 0 aliphatic heterocycles. The monoisotopic (exact) mass is 340 g/mol. The Hall–Kier alpha value is -3.09. The van der Waals surface area contributed by atoms with Crippen molar-refractivity contribution in [1.29, 1.82) is 0 Å². The van der Waals surface area contributed by atoms with E-state index in [4.69, 9.17) is 9.15 Å². The van der Waals surface area contributed by atoms with Gasteiger partial charge in [-0.2, -0.15) is 0 Å². The topological polar surface area (TPSA) is 80.5 Å². The number of rotatable bonds is 4. The van der Waals surface area contributed by atoms with Crippen LogP contribution in [0.2, 0.25) is 0 Å². The highest BCUT2D eigenvalue weighted by Gasteiger charge is 2.18. The van der Waals surface area contributed by atoms with Gasteiger partial charge in [0.15, 0.2) is 17.1 Å². The number of methoxy groups -OCH3 is 1. The Kier molecular flexibility index (Phi) is 4.31. The highest BCUT2D eigenvalue weighted by atomic mass is 16.5. The molecule has 0 saturated carbocycles. The van der Waals surface area contributed by atoms with Gasteiger partial charge in [0.1, 0.15) is 0 Å². The molecule has 0 aliphatic rings. The third kappa shape index (κ3) is 3.13. The van der Waals surface area contributed by atoms with Crippen molar-refractivity contribution in [3.63, 3.8) is 0 Å². The van der Waals surface area contributed by atoms with Crippen molar-refractivity contribution in [2.45, 2.75) is 13.8 Å². The maximum Gasteiger partial charge on any atom is 0.291 e.